The molecule has 0 spiro atoms. The molecule has 3 rings (SSSR count). The number of rotatable bonds is 2. The van der Waals surface area contributed by atoms with Gasteiger partial charge in [-0.1, -0.05) is 18.2 Å². The van der Waals surface area contributed by atoms with Gasteiger partial charge in [0, 0.05) is 29.0 Å². The third-order valence-electron chi connectivity index (χ3n) is 3.15. The Morgan fingerprint density at radius 3 is 2.95 bits per heavy atom. The maximum atomic E-state index is 11.2. The third kappa shape index (κ3) is 2.08. The van der Waals surface area contributed by atoms with Crippen LogP contribution in [0.15, 0.2) is 41.0 Å². The van der Waals surface area contributed by atoms with Crippen LogP contribution in [0.25, 0.3) is 0 Å². The lowest BCUT2D eigenvalue weighted by molar-refractivity contribution is -0.384. The maximum absolute atomic E-state index is 11.2. The third-order valence-corrected chi connectivity index (χ3v) is 3.59. The summed E-state index contributed by atoms with van der Waals surface area (Å²) >= 11 is 3.22. The van der Waals surface area contributed by atoms with Crippen molar-refractivity contribution in [3.05, 3.63) is 56.7 Å². The van der Waals surface area contributed by atoms with Gasteiger partial charge in [-0.2, -0.15) is 0 Å². The molecule has 0 radical (unpaired) electrons. The van der Waals surface area contributed by atoms with Crippen LogP contribution < -0.4 is 4.90 Å². The number of hydrogen-bond donors (Lipinski definition) is 0. The minimum atomic E-state index is -0.395. The quantitative estimate of drug-likeness (QED) is 0.628. The Morgan fingerprint density at radius 2 is 2.16 bits per heavy atom. The van der Waals surface area contributed by atoms with Crippen LogP contribution in [0.3, 0.4) is 0 Å². The van der Waals surface area contributed by atoms with Crippen LogP contribution in [0.2, 0.25) is 0 Å². The lowest BCUT2D eigenvalue weighted by Crippen LogP contribution is -2.16. The minimum absolute atomic E-state index is 0.0195. The van der Waals surface area contributed by atoms with Gasteiger partial charge in [0.05, 0.1) is 4.92 Å². The standard InChI is InChI=1S/C13H10BrN3O2/c14-10-7-12(17(18)19)13(15-8-10)16-6-5-9-3-1-2-4-11(9)16/h1-4,7-8H,5-6H2. The Bertz CT molecular complexity index is 660. The van der Waals surface area contributed by atoms with Crippen molar-refractivity contribution >= 4 is 33.1 Å². The summed E-state index contributed by atoms with van der Waals surface area (Å²) in [6.45, 7) is 0.717. The molecule has 0 unspecified atom stereocenters. The van der Waals surface area contributed by atoms with Crippen molar-refractivity contribution in [3.63, 3.8) is 0 Å². The van der Waals surface area contributed by atoms with Crippen molar-refractivity contribution in [2.24, 2.45) is 0 Å². The van der Waals surface area contributed by atoms with Crippen molar-refractivity contribution in [1.82, 2.24) is 4.98 Å². The summed E-state index contributed by atoms with van der Waals surface area (Å²) < 4.78 is 0.607. The van der Waals surface area contributed by atoms with Gasteiger partial charge in [-0.3, -0.25) is 10.1 Å². The summed E-state index contributed by atoms with van der Waals surface area (Å²) in [7, 11) is 0. The first-order valence-electron chi connectivity index (χ1n) is 5.82. The zero-order chi connectivity index (χ0) is 13.4. The Kier molecular flexibility index (Phi) is 2.94. The Labute approximate surface area is 118 Å². The SMILES string of the molecule is O=[N+]([O-])c1cc(Br)cnc1N1CCc2ccccc21. The topological polar surface area (TPSA) is 59.3 Å². The van der Waals surface area contributed by atoms with E-state index in [0.29, 0.717) is 10.3 Å². The number of aromatic nitrogens is 1. The van der Waals surface area contributed by atoms with E-state index in [1.807, 2.05) is 29.2 Å². The second kappa shape index (κ2) is 4.62. The van der Waals surface area contributed by atoms with Gasteiger partial charge in [-0.05, 0) is 34.0 Å². The van der Waals surface area contributed by atoms with Gasteiger partial charge < -0.3 is 4.90 Å². The first-order chi connectivity index (χ1) is 9.16. The van der Waals surface area contributed by atoms with E-state index in [2.05, 4.69) is 20.9 Å². The molecule has 0 amide bonds. The number of halogens is 1. The fourth-order valence-corrected chi connectivity index (χ4v) is 2.64. The summed E-state index contributed by atoms with van der Waals surface area (Å²) in [5.41, 5.74) is 2.22. The molecule has 19 heavy (non-hydrogen) atoms. The maximum Gasteiger partial charge on any atom is 0.313 e. The molecule has 0 saturated carbocycles. The van der Waals surface area contributed by atoms with Crippen molar-refractivity contribution in [1.29, 1.82) is 0 Å². The highest BCUT2D eigenvalue weighted by Gasteiger charge is 2.27. The van der Waals surface area contributed by atoms with E-state index in [9.17, 15) is 10.1 Å². The second-order valence-corrected chi connectivity index (χ2v) is 5.20. The highest BCUT2D eigenvalue weighted by Crippen LogP contribution is 2.38. The molecule has 1 aliphatic heterocycles. The predicted molar refractivity (Wildman–Crippen MR) is 75.7 cm³/mol. The second-order valence-electron chi connectivity index (χ2n) is 4.28. The van der Waals surface area contributed by atoms with Gasteiger partial charge in [0.15, 0.2) is 0 Å². The molecule has 0 aliphatic carbocycles. The van der Waals surface area contributed by atoms with Gasteiger partial charge in [-0.15, -0.1) is 0 Å². The van der Waals surface area contributed by atoms with Gasteiger partial charge >= 0.3 is 5.69 Å². The van der Waals surface area contributed by atoms with E-state index >= 15 is 0 Å². The molecule has 6 heteroatoms. The largest absolute Gasteiger partial charge is 0.320 e. The van der Waals surface area contributed by atoms with Crippen LogP contribution in [-0.4, -0.2) is 16.5 Å². The van der Waals surface area contributed by atoms with Gasteiger partial charge in [0.2, 0.25) is 5.82 Å². The lowest BCUT2D eigenvalue weighted by atomic mass is 10.2. The number of fused-ring (bicyclic) bond motifs is 1. The van der Waals surface area contributed by atoms with Crippen LogP contribution in [0.1, 0.15) is 5.56 Å². The minimum Gasteiger partial charge on any atom is -0.320 e. The molecule has 1 aromatic carbocycles. The predicted octanol–water partition coefficient (Wildman–Crippen LogP) is 3.45. The average molecular weight is 320 g/mol. The number of nitrogens with zero attached hydrogens (tertiary/aromatic N) is 3. The zero-order valence-electron chi connectivity index (χ0n) is 9.91. The monoisotopic (exact) mass is 319 g/mol. The van der Waals surface area contributed by atoms with Crippen molar-refractivity contribution in [2.75, 3.05) is 11.4 Å². The summed E-state index contributed by atoms with van der Waals surface area (Å²) in [6.07, 6.45) is 2.47. The van der Waals surface area contributed by atoms with Crippen LogP contribution in [0.4, 0.5) is 17.2 Å². The fourth-order valence-electron chi connectivity index (χ4n) is 2.32. The van der Waals surface area contributed by atoms with Gasteiger partial charge in [0.1, 0.15) is 0 Å². The average Bonchev–Trinajstić information content (AvgIpc) is 2.82. The van der Waals surface area contributed by atoms with E-state index in [1.165, 1.54) is 11.6 Å². The van der Waals surface area contributed by atoms with E-state index in [4.69, 9.17) is 0 Å². The summed E-state index contributed by atoms with van der Waals surface area (Å²) in [5, 5.41) is 11.2. The van der Waals surface area contributed by atoms with Gasteiger partial charge in [-0.25, -0.2) is 4.98 Å². The van der Waals surface area contributed by atoms with E-state index in [-0.39, 0.29) is 5.69 Å². The van der Waals surface area contributed by atoms with Crippen LogP contribution in [-0.2, 0) is 6.42 Å². The molecular weight excluding hydrogens is 310 g/mol. The zero-order valence-corrected chi connectivity index (χ0v) is 11.5. The van der Waals surface area contributed by atoms with Crippen LogP contribution in [0, 0.1) is 10.1 Å². The van der Waals surface area contributed by atoms with E-state index < -0.39 is 4.92 Å². The molecule has 2 heterocycles. The molecule has 2 aromatic rings. The van der Waals surface area contributed by atoms with Crippen molar-refractivity contribution in [3.8, 4) is 0 Å². The molecule has 5 nitrogen and oxygen atoms in total. The molecule has 0 N–H and O–H groups in total. The summed E-state index contributed by atoms with van der Waals surface area (Å²) in [4.78, 5) is 16.9. The number of pyridine rings is 1. The number of nitro groups is 1. The molecular formula is C13H10BrN3O2. The van der Waals surface area contributed by atoms with E-state index in [0.717, 1.165) is 18.7 Å². The molecule has 0 saturated heterocycles. The Hall–Kier alpha value is -1.95. The first kappa shape index (κ1) is 12.1. The Balaban J connectivity index is 2.12. The highest BCUT2D eigenvalue weighted by molar-refractivity contribution is 9.10. The summed E-state index contributed by atoms with van der Waals surface area (Å²) in [5.74, 6) is 0.401. The van der Waals surface area contributed by atoms with Gasteiger partial charge in [0.25, 0.3) is 0 Å². The molecule has 1 aliphatic rings. The van der Waals surface area contributed by atoms with Crippen molar-refractivity contribution < 1.29 is 4.92 Å². The van der Waals surface area contributed by atoms with Crippen LogP contribution in [0.5, 0.6) is 0 Å². The number of para-hydroxylation sites is 1. The lowest BCUT2D eigenvalue weighted by Gasteiger charge is -2.18. The molecule has 0 bridgehead atoms. The molecule has 1 aromatic heterocycles. The molecule has 96 valence electrons. The number of benzene rings is 1. The first-order valence-corrected chi connectivity index (χ1v) is 6.61. The smallest absolute Gasteiger partial charge is 0.313 e. The molecule has 0 fully saturated rings. The fraction of sp³-hybridized carbons (Fsp3) is 0.154. The normalized spacial score (nSPS) is 13.4. The molecule has 0 atom stereocenters. The highest BCUT2D eigenvalue weighted by atomic mass is 79.9. The number of anilines is 2. The van der Waals surface area contributed by atoms with Crippen LogP contribution >= 0.6 is 15.9 Å². The Morgan fingerprint density at radius 1 is 1.37 bits per heavy atom. The van der Waals surface area contributed by atoms with E-state index in [1.54, 1.807) is 6.20 Å². The summed E-state index contributed by atoms with van der Waals surface area (Å²) in [6, 6.07) is 9.41. The van der Waals surface area contributed by atoms with Crippen molar-refractivity contribution in [2.45, 2.75) is 6.42 Å². The number of hydrogen-bond acceptors (Lipinski definition) is 4.